The third-order valence-electron chi connectivity index (χ3n) is 3.18. The van der Waals surface area contributed by atoms with Crippen molar-refractivity contribution in [3.63, 3.8) is 0 Å². The molecule has 3 nitrogen and oxygen atoms in total. The van der Waals surface area contributed by atoms with Gasteiger partial charge in [0.2, 0.25) is 0 Å². The number of para-hydroxylation sites is 1. The molecule has 0 aliphatic carbocycles. The summed E-state index contributed by atoms with van der Waals surface area (Å²) in [5, 5.41) is 0. The number of benzene rings is 1. The highest BCUT2D eigenvalue weighted by Gasteiger charge is 2.39. The molecule has 2 unspecified atom stereocenters. The van der Waals surface area contributed by atoms with Crippen LogP contribution in [0, 0.1) is 0 Å². The number of rotatable bonds is 2. The summed E-state index contributed by atoms with van der Waals surface area (Å²) in [5.74, 6) is 0.480. The van der Waals surface area contributed by atoms with Crippen molar-refractivity contribution in [2.75, 3.05) is 13.1 Å². The molecule has 0 radical (unpaired) electrons. The Hall–Kier alpha value is -1.61. The lowest BCUT2D eigenvalue weighted by atomic mass is 10.1. The van der Waals surface area contributed by atoms with Gasteiger partial charge in [0, 0.05) is 13.1 Å². The molecule has 0 N–H and O–H groups in total. The lowest BCUT2D eigenvalue weighted by molar-refractivity contribution is -0.137. The summed E-state index contributed by atoms with van der Waals surface area (Å²) < 4.78 is 5.36. The van der Waals surface area contributed by atoms with Crippen LogP contribution in [0.4, 0.5) is 0 Å². The number of nitrogens with zero attached hydrogens (tertiary/aromatic N) is 1. The quantitative estimate of drug-likeness (QED) is 0.426. The van der Waals surface area contributed by atoms with Gasteiger partial charge in [0.15, 0.2) is 0 Å². The van der Waals surface area contributed by atoms with Crippen LogP contribution in [0.25, 0.3) is 0 Å². The number of ether oxygens (including phenoxy) is 1. The second kappa shape index (κ2) is 3.76. The fraction of sp³-hybridized carbons (Fsp3) is 0.308. The molecule has 16 heavy (non-hydrogen) atoms. The van der Waals surface area contributed by atoms with E-state index in [9.17, 15) is 4.79 Å². The molecule has 2 atom stereocenters. The Bertz CT molecular complexity index is 439. The molecular weight excluding hydrogens is 202 g/mol. The lowest BCUT2D eigenvalue weighted by Gasteiger charge is -2.16. The molecule has 2 aliphatic rings. The summed E-state index contributed by atoms with van der Waals surface area (Å²) in [4.78, 5) is 14.1. The van der Waals surface area contributed by atoms with Crippen molar-refractivity contribution in [1.82, 2.24) is 4.90 Å². The standard InChI is InChI=1S/C13H13NO2/c15-13(16-11-4-2-1-3-5-11)12-10-6-8-14(12)9-7-10/h1-6,12H,7-9H2. The SMILES string of the molecule is O=C(Oc1ccccc1)C1C2=CCN1CC2. The molecule has 82 valence electrons. The maximum Gasteiger partial charge on any atom is 0.333 e. The predicted molar refractivity (Wildman–Crippen MR) is 60.1 cm³/mol. The molecule has 2 aliphatic heterocycles. The third kappa shape index (κ3) is 1.53. The van der Waals surface area contributed by atoms with Crippen molar-refractivity contribution in [1.29, 1.82) is 0 Å². The van der Waals surface area contributed by atoms with Gasteiger partial charge < -0.3 is 4.74 Å². The van der Waals surface area contributed by atoms with E-state index in [1.54, 1.807) is 12.1 Å². The average Bonchev–Trinajstić information content (AvgIpc) is 2.89. The van der Waals surface area contributed by atoms with Gasteiger partial charge >= 0.3 is 5.97 Å². The van der Waals surface area contributed by atoms with E-state index in [-0.39, 0.29) is 12.0 Å². The maximum absolute atomic E-state index is 12.0. The van der Waals surface area contributed by atoms with E-state index in [0.29, 0.717) is 5.75 Å². The minimum Gasteiger partial charge on any atom is -0.425 e. The van der Waals surface area contributed by atoms with E-state index >= 15 is 0 Å². The van der Waals surface area contributed by atoms with Crippen molar-refractivity contribution >= 4 is 5.97 Å². The van der Waals surface area contributed by atoms with Crippen LogP contribution in [0.3, 0.4) is 0 Å². The second-order valence-corrected chi connectivity index (χ2v) is 4.16. The molecule has 1 aromatic carbocycles. The van der Waals surface area contributed by atoms with E-state index in [1.165, 1.54) is 5.57 Å². The molecule has 0 spiro atoms. The van der Waals surface area contributed by atoms with Gasteiger partial charge in [-0.25, -0.2) is 4.79 Å². The van der Waals surface area contributed by atoms with Crippen molar-refractivity contribution in [2.45, 2.75) is 12.5 Å². The van der Waals surface area contributed by atoms with E-state index in [4.69, 9.17) is 4.74 Å². The van der Waals surface area contributed by atoms with Crippen LogP contribution in [0.15, 0.2) is 42.0 Å². The van der Waals surface area contributed by atoms with Crippen molar-refractivity contribution in [3.8, 4) is 5.75 Å². The average molecular weight is 215 g/mol. The van der Waals surface area contributed by atoms with Gasteiger partial charge in [0.05, 0.1) is 0 Å². The van der Waals surface area contributed by atoms with Crippen LogP contribution < -0.4 is 4.74 Å². The number of fused-ring (bicyclic) bond motifs is 2. The number of carbonyl (C=O) groups excluding carboxylic acids is 1. The Morgan fingerprint density at radius 1 is 1.31 bits per heavy atom. The van der Waals surface area contributed by atoms with Gasteiger partial charge in [-0.1, -0.05) is 24.3 Å². The zero-order chi connectivity index (χ0) is 11.0. The number of esters is 1. The van der Waals surface area contributed by atoms with Gasteiger partial charge in [-0.2, -0.15) is 0 Å². The van der Waals surface area contributed by atoms with Crippen LogP contribution in [0.2, 0.25) is 0 Å². The number of hydrogen-bond donors (Lipinski definition) is 0. The van der Waals surface area contributed by atoms with Crippen molar-refractivity contribution in [2.24, 2.45) is 0 Å². The number of carbonyl (C=O) groups is 1. The van der Waals surface area contributed by atoms with Crippen molar-refractivity contribution < 1.29 is 9.53 Å². The summed E-state index contributed by atoms with van der Waals surface area (Å²) in [7, 11) is 0. The Morgan fingerprint density at radius 2 is 2.12 bits per heavy atom. The Kier molecular flexibility index (Phi) is 2.26. The van der Waals surface area contributed by atoms with E-state index in [2.05, 4.69) is 11.0 Å². The normalized spacial score (nSPS) is 26.6. The first-order valence-electron chi connectivity index (χ1n) is 5.54. The van der Waals surface area contributed by atoms with E-state index in [1.807, 2.05) is 18.2 Å². The fourth-order valence-corrected chi connectivity index (χ4v) is 2.38. The van der Waals surface area contributed by atoms with Crippen LogP contribution in [-0.2, 0) is 4.79 Å². The Labute approximate surface area is 94.3 Å². The second-order valence-electron chi connectivity index (χ2n) is 4.16. The van der Waals surface area contributed by atoms with Gasteiger partial charge in [0.1, 0.15) is 11.8 Å². The van der Waals surface area contributed by atoms with Crippen LogP contribution >= 0.6 is 0 Å². The summed E-state index contributed by atoms with van der Waals surface area (Å²) >= 11 is 0. The first-order chi connectivity index (χ1) is 7.84. The molecular formula is C13H13NO2. The van der Waals surface area contributed by atoms with Crippen molar-refractivity contribution in [3.05, 3.63) is 42.0 Å². The van der Waals surface area contributed by atoms with E-state index in [0.717, 1.165) is 19.5 Å². The van der Waals surface area contributed by atoms with Gasteiger partial charge in [-0.3, -0.25) is 4.90 Å². The highest BCUT2D eigenvalue weighted by atomic mass is 16.5. The molecule has 0 aromatic heterocycles. The molecule has 2 bridgehead atoms. The Balaban J connectivity index is 1.73. The maximum atomic E-state index is 12.0. The molecule has 3 rings (SSSR count). The van der Waals surface area contributed by atoms with E-state index < -0.39 is 0 Å². The molecule has 0 amide bonds. The minimum atomic E-state index is -0.146. The topological polar surface area (TPSA) is 29.5 Å². The van der Waals surface area contributed by atoms with Gasteiger partial charge in [0.25, 0.3) is 0 Å². The van der Waals surface area contributed by atoms with Gasteiger partial charge in [-0.15, -0.1) is 0 Å². The molecule has 1 fully saturated rings. The monoisotopic (exact) mass is 215 g/mol. The molecule has 1 aromatic rings. The lowest BCUT2D eigenvalue weighted by Crippen LogP contribution is -2.36. The minimum absolute atomic E-state index is 0.125. The summed E-state index contributed by atoms with van der Waals surface area (Å²) in [6, 6.07) is 9.12. The number of hydrogen-bond acceptors (Lipinski definition) is 3. The fourth-order valence-electron chi connectivity index (χ4n) is 2.38. The largest absolute Gasteiger partial charge is 0.425 e. The molecule has 1 saturated heterocycles. The third-order valence-corrected chi connectivity index (χ3v) is 3.18. The van der Waals surface area contributed by atoms with Gasteiger partial charge in [-0.05, 0) is 24.1 Å². The summed E-state index contributed by atoms with van der Waals surface area (Å²) in [6.45, 7) is 1.88. The Morgan fingerprint density at radius 3 is 2.69 bits per heavy atom. The predicted octanol–water partition coefficient (Wildman–Crippen LogP) is 1.61. The van der Waals surface area contributed by atoms with Crippen LogP contribution in [0.5, 0.6) is 5.75 Å². The highest BCUT2D eigenvalue weighted by Crippen LogP contribution is 2.30. The summed E-state index contributed by atoms with van der Waals surface area (Å²) in [6.07, 6.45) is 3.15. The zero-order valence-corrected chi connectivity index (χ0v) is 8.93. The zero-order valence-electron chi connectivity index (χ0n) is 8.93. The smallest absolute Gasteiger partial charge is 0.333 e. The first-order valence-corrected chi connectivity index (χ1v) is 5.54. The molecule has 2 heterocycles. The molecule has 3 heteroatoms. The van der Waals surface area contributed by atoms with Crippen LogP contribution in [0.1, 0.15) is 6.42 Å². The van der Waals surface area contributed by atoms with Crippen LogP contribution in [-0.4, -0.2) is 30.0 Å². The first kappa shape index (κ1) is 9.60. The molecule has 0 saturated carbocycles. The highest BCUT2D eigenvalue weighted by molar-refractivity contribution is 5.83. The summed E-state index contributed by atoms with van der Waals surface area (Å²) in [5.41, 5.74) is 1.22.